The minimum Gasteiger partial charge on any atom is -0.352 e. The number of carbonyl (C=O) groups is 1. The van der Waals surface area contributed by atoms with Gasteiger partial charge in [-0.15, -0.1) is 0 Å². The predicted octanol–water partition coefficient (Wildman–Crippen LogP) is 3.61. The third-order valence-electron chi connectivity index (χ3n) is 4.79. The highest BCUT2D eigenvalue weighted by molar-refractivity contribution is 7.71. The van der Waals surface area contributed by atoms with Crippen LogP contribution >= 0.6 is 12.2 Å². The minimum absolute atomic E-state index is 0.000142. The number of H-pyrrole nitrogens is 1. The zero-order chi connectivity index (χ0) is 17.1. The Morgan fingerprint density at radius 3 is 2.96 bits per heavy atom. The maximum absolute atomic E-state index is 12.5. The molecular weight excluding hydrogens is 320 g/mol. The Morgan fingerprint density at radius 2 is 2.21 bits per heavy atom. The Morgan fingerprint density at radius 1 is 1.42 bits per heavy atom. The van der Waals surface area contributed by atoms with E-state index in [0.29, 0.717) is 16.5 Å². The van der Waals surface area contributed by atoms with Gasteiger partial charge in [-0.1, -0.05) is 43.5 Å². The molecule has 0 aliphatic heterocycles. The van der Waals surface area contributed by atoms with Gasteiger partial charge in [-0.2, -0.15) is 5.10 Å². The Kier molecular flexibility index (Phi) is 5.14. The van der Waals surface area contributed by atoms with Crippen LogP contribution in [0.3, 0.4) is 0 Å². The molecule has 0 radical (unpaired) electrons. The lowest BCUT2D eigenvalue weighted by molar-refractivity contribution is -0.122. The van der Waals surface area contributed by atoms with Gasteiger partial charge >= 0.3 is 0 Å². The Balaban J connectivity index is 1.76. The van der Waals surface area contributed by atoms with Crippen LogP contribution in [0, 0.1) is 17.6 Å². The van der Waals surface area contributed by atoms with E-state index in [0.717, 1.165) is 17.5 Å². The second-order valence-electron chi connectivity index (χ2n) is 6.74. The molecule has 1 aliphatic rings. The van der Waals surface area contributed by atoms with Gasteiger partial charge in [-0.3, -0.25) is 14.5 Å². The largest absolute Gasteiger partial charge is 0.352 e. The summed E-state index contributed by atoms with van der Waals surface area (Å²) in [5.74, 6) is 1.24. The molecular formula is C18H24N4OS. The fraction of sp³-hybridized carbons (Fsp3) is 0.500. The van der Waals surface area contributed by atoms with E-state index >= 15 is 0 Å². The van der Waals surface area contributed by atoms with Gasteiger partial charge in [0, 0.05) is 11.6 Å². The van der Waals surface area contributed by atoms with Crippen LogP contribution in [0.5, 0.6) is 0 Å². The molecule has 24 heavy (non-hydrogen) atoms. The first kappa shape index (κ1) is 16.9. The third-order valence-corrected chi connectivity index (χ3v) is 5.11. The summed E-state index contributed by atoms with van der Waals surface area (Å²) in [6.45, 7) is 4.44. The van der Waals surface area contributed by atoms with Crippen molar-refractivity contribution >= 4 is 18.1 Å². The van der Waals surface area contributed by atoms with Crippen molar-refractivity contribution in [2.45, 2.75) is 52.1 Å². The zero-order valence-electron chi connectivity index (χ0n) is 14.2. The number of aromatic amines is 1. The van der Waals surface area contributed by atoms with E-state index in [1.54, 1.807) is 4.57 Å². The highest BCUT2D eigenvalue weighted by Gasteiger charge is 2.23. The van der Waals surface area contributed by atoms with Gasteiger partial charge in [0.25, 0.3) is 0 Å². The van der Waals surface area contributed by atoms with Crippen molar-refractivity contribution < 1.29 is 4.79 Å². The Bertz CT molecular complexity index is 779. The average molecular weight is 344 g/mol. The number of hydrogen-bond acceptors (Lipinski definition) is 3. The number of aromatic nitrogens is 3. The molecule has 3 rings (SSSR count). The van der Waals surface area contributed by atoms with Gasteiger partial charge in [0.2, 0.25) is 5.91 Å². The normalized spacial score (nSPS) is 20.8. The first-order chi connectivity index (χ1) is 11.5. The predicted molar refractivity (Wildman–Crippen MR) is 97.1 cm³/mol. The van der Waals surface area contributed by atoms with E-state index in [-0.39, 0.29) is 18.5 Å². The first-order valence-electron chi connectivity index (χ1n) is 8.56. The topological polar surface area (TPSA) is 62.7 Å². The summed E-state index contributed by atoms with van der Waals surface area (Å²) < 4.78 is 2.24. The van der Waals surface area contributed by atoms with Gasteiger partial charge in [-0.25, -0.2) is 0 Å². The number of benzene rings is 1. The average Bonchev–Trinajstić information content (AvgIpc) is 2.91. The van der Waals surface area contributed by atoms with Crippen LogP contribution in [-0.2, 0) is 11.3 Å². The van der Waals surface area contributed by atoms with Crippen molar-refractivity contribution in [3.05, 3.63) is 34.6 Å². The molecule has 2 atom stereocenters. The minimum atomic E-state index is 0.000142. The fourth-order valence-electron chi connectivity index (χ4n) is 3.40. The molecule has 128 valence electrons. The lowest BCUT2D eigenvalue weighted by Gasteiger charge is -2.29. The smallest absolute Gasteiger partial charge is 0.240 e. The highest BCUT2D eigenvalue weighted by atomic mass is 32.1. The maximum Gasteiger partial charge on any atom is 0.240 e. The van der Waals surface area contributed by atoms with E-state index in [1.165, 1.54) is 19.3 Å². The zero-order valence-corrected chi connectivity index (χ0v) is 15.0. The Hall–Kier alpha value is -1.95. The molecule has 1 aromatic carbocycles. The lowest BCUT2D eigenvalue weighted by Crippen LogP contribution is -2.42. The number of carbonyl (C=O) groups excluding carboxylic acids is 1. The van der Waals surface area contributed by atoms with Crippen molar-refractivity contribution in [1.29, 1.82) is 0 Å². The van der Waals surface area contributed by atoms with E-state index in [9.17, 15) is 4.79 Å². The molecule has 1 aliphatic carbocycles. The third kappa shape index (κ3) is 3.75. The highest BCUT2D eigenvalue weighted by Crippen LogP contribution is 2.24. The molecule has 0 saturated heterocycles. The monoisotopic (exact) mass is 344 g/mol. The van der Waals surface area contributed by atoms with Crippen molar-refractivity contribution in [2.75, 3.05) is 0 Å². The van der Waals surface area contributed by atoms with E-state index < -0.39 is 0 Å². The second kappa shape index (κ2) is 7.30. The van der Waals surface area contributed by atoms with E-state index in [4.69, 9.17) is 12.2 Å². The number of rotatable bonds is 4. The number of hydrogen-bond donors (Lipinski definition) is 2. The molecule has 1 fully saturated rings. The second-order valence-corrected chi connectivity index (χ2v) is 7.13. The molecule has 0 bridgehead atoms. The van der Waals surface area contributed by atoms with Crippen LogP contribution in [0.2, 0.25) is 0 Å². The summed E-state index contributed by atoms with van der Waals surface area (Å²) in [6.07, 6.45) is 4.70. The van der Waals surface area contributed by atoms with Crippen molar-refractivity contribution in [2.24, 2.45) is 5.92 Å². The van der Waals surface area contributed by atoms with Gasteiger partial charge in [0.1, 0.15) is 6.54 Å². The maximum atomic E-state index is 12.5. The van der Waals surface area contributed by atoms with Gasteiger partial charge in [0.05, 0.1) is 0 Å². The molecule has 1 saturated carbocycles. The molecule has 6 heteroatoms. The van der Waals surface area contributed by atoms with Crippen LogP contribution in [0.15, 0.2) is 24.3 Å². The SMILES string of the molecule is Cc1cccc(-c2n[nH]c(=S)n2CC(=O)NC2CCCCC2C)c1. The standard InChI is InChI=1S/C18H24N4OS/c1-12-6-5-8-14(10-12)17-20-21-18(24)22(17)11-16(23)19-15-9-4-3-7-13(15)2/h5-6,8,10,13,15H,3-4,7,9,11H2,1-2H3,(H,19,23)(H,21,24). The van der Waals surface area contributed by atoms with Crippen LogP contribution in [0.1, 0.15) is 38.2 Å². The summed E-state index contributed by atoms with van der Waals surface area (Å²) in [5, 5.41) is 10.3. The molecule has 1 aromatic heterocycles. The molecule has 1 heterocycles. The molecule has 2 aromatic rings. The molecule has 2 N–H and O–H groups in total. The summed E-state index contributed by atoms with van der Waals surface area (Å²) in [6, 6.07) is 8.32. The molecule has 0 spiro atoms. The molecule has 5 nitrogen and oxygen atoms in total. The lowest BCUT2D eigenvalue weighted by atomic mass is 9.86. The number of nitrogens with zero attached hydrogens (tertiary/aromatic N) is 2. The van der Waals surface area contributed by atoms with Crippen molar-refractivity contribution in [3.8, 4) is 11.4 Å². The van der Waals surface area contributed by atoms with Crippen LogP contribution in [0.25, 0.3) is 11.4 Å². The first-order valence-corrected chi connectivity index (χ1v) is 8.97. The summed E-state index contributed by atoms with van der Waals surface area (Å²) in [7, 11) is 0. The Labute approximate surface area is 147 Å². The number of amides is 1. The van der Waals surface area contributed by atoms with Crippen LogP contribution < -0.4 is 5.32 Å². The van der Waals surface area contributed by atoms with Crippen molar-refractivity contribution in [3.63, 3.8) is 0 Å². The van der Waals surface area contributed by atoms with Gasteiger partial charge < -0.3 is 5.32 Å². The quantitative estimate of drug-likeness (QED) is 0.833. The summed E-state index contributed by atoms with van der Waals surface area (Å²) in [5.41, 5.74) is 2.11. The fourth-order valence-corrected chi connectivity index (χ4v) is 3.59. The summed E-state index contributed by atoms with van der Waals surface area (Å²) in [4.78, 5) is 12.5. The van der Waals surface area contributed by atoms with Crippen molar-refractivity contribution in [1.82, 2.24) is 20.1 Å². The van der Waals surface area contributed by atoms with Gasteiger partial charge in [-0.05, 0) is 44.0 Å². The van der Waals surface area contributed by atoms with E-state index in [2.05, 4.69) is 22.4 Å². The molecule has 2 unspecified atom stereocenters. The van der Waals surface area contributed by atoms with E-state index in [1.807, 2.05) is 31.2 Å². The van der Waals surface area contributed by atoms with Crippen LogP contribution in [-0.4, -0.2) is 26.7 Å². The number of nitrogens with one attached hydrogen (secondary N) is 2. The summed E-state index contributed by atoms with van der Waals surface area (Å²) >= 11 is 5.32. The van der Waals surface area contributed by atoms with Gasteiger partial charge in [0.15, 0.2) is 10.6 Å². The number of aryl methyl sites for hydroxylation is 1. The van der Waals surface area contributed by atoms with Crippen LogP contribution in [0.4, 0.5) is 0 Å². The molecule has 1 amide bonds.